The first kappa shape index (κ1) is 23.7. The molecule has 0 bridgehead atoms. The van der Waals surface area contributed by atoms with Gasteiger partial charge in [0.1, 0.15) is 6.61 Å². The van der Waals surface area contributed by atoms with E-state index in [9.17, 15) is 19.7 Å². The first-order chi connectivity index (χ1) is 16.2. The zero-order valence-corrected chi connectivity index (χ0v) is 20.1. The van der Waals surface area contributed by atoms with Crippen molar-refractivity contribution < 1.29 is 9.66 Å². The van der Waals surface area contributed by atoms with Crippen molar-refractivity contribution in [3.63, 3.8) is 0 Å². The molecule has 9 nitrogen and oxygen atoms in total. The molecule has 1 aromatic heterocycles. The quantitative estimate of drug-likeness (QED) is 0.198. The number of aromatic amines is 1. The van der Waals surface area contributed by atoms with Crippen LogP contribution < -0.4 is 16.0 Å². The van der Waals surface area contributed by atoms with Crippen molar-refractivity contribution in [2.75, 3.05) is 0 Å². The fourth-order valence-corrected chi connectivity index (χ4v) is 3.94. The zero-order valence-electron chi connectivity index (χ0n) is 17.0. The van der Waals surface area contributed by atoms with Crippen molar-refractivity contribution >= 4 is 61.9 Å². The highest BCUT2D eigenvalue weighted by Crippen LogP contribution is 2.35. The Morgan fingerprint density at radius 2 is 1.88 bits per heavy atom. The molecule has 0 amide bonds. The van der Waals surface area contributed by atoms with Gasteiger partial charge in [-0.25, -0.2) is 4.79 Å². The molecule has 34 heavy (non-hydrogen) atoms. The molecule has 3 aromatic carbocycles. The number of para-hydroxylation sites is 1. The third kappa shape index (κ3) is 4.89. The maximum absolute atomic E-state index is 12.7. The SMILES string of the molecule is O=c1[nH]c2ccccc2c(=O)n1N=Cc1cc(Br)cc([N+](=O)[O-])c1OCc1ccc(Cl)c(Cl)c1. The Labute approximate surface area is 209 Å². The number of hydrogen-bond donors (Lipinski definition) is 1. The van der Waals surface area contributed by atoms with Gasteiger partial charge < -0.3 is 9.72 Å². The number of fused-ring (bicyclic) bond motifs is 1. The van der Waals surface area contributed by atoms with Gasteiger partial charge in [0.2, 0.25) is 5.75 Å². The van der Waals surface area contributed by atoms with Gasteiger partial charge in [0.25, 0.3) is 5.56 Å². The van der Waals surface area contributed by atoms with E-state index in [4.69, 9.17) is 27.9 Å². The van der Waals surface area contributed by atoms with Gasteiger partial charge in [0.15, 0.2) is 0 Å². The second kappa shape index (κ2) is 9.80. The minimum atomic E-state index is -0.761. The number of ether oxygens (including phenoxy) is 1. The molecule has 172 valence electrons. The van der Waals surface area contributed by atoms with Crippen LogP contribution >= 0.6 is 39.1 Å². The fourth-order valence-electron chi connectivity index (χ4n) is 3.15. The number of halogens is 3. The number of nitro benzene ring substituents is 1. The van der Waals surface area contributed by atoms with E-state index in [0.717, 1.165) is 6.21 Å². The third-order valence-electron chi connectivity index (χ3n) is 4.72. The molecule has 1 N–H and O–H groups in total. The highest BCUT2D eigenvalue weighted by Gasteiger charge is 2.21. The predicted molar refractivity (Wildman–Crippen MR) is 133 cm³/mol. The van der Waals surface area contributed by atoms with Gasteiger partial charge in [0.05, 0.1) is 32.1 Å². The molecule has 0 unspecified atom stereocenters. The fraction of sp³-hybridized carbons (Fsp3) is 0.0455. The summed E-state index contributed by atoms with van der Waals surface area (Å²) in [6.45, 7) is -0.0588. The normalized spacial score (nSPS) is 11.3. The Kier molecular flexibility index (Phi) is 6.82. The number of H-pyrrole nitrogens is 1. The molecule has 0 saturated carbocycles. The van der Waals surface area contributed by atoms with Crippen LogP contribution in [0.25, 0.3) is 10.9 Å². The van der Waals surface area contributed by atoms with Gasteiger partial charge in [-0.15, -0.1) is 4.68 Å². The van der Waals surface area contributed by atoms with E-state index in [2.05, 4.69) is 26.0 Å². The van der Waals surface area contributed by atoms with E-state index in [-0.39, 0.29) is 29.0 Å². The Morgan fingerprint density at radius 3 is 2.62 bits per heavy atom. The highest BCUT2D eigenvalue weighted by atomic mass is 79.9. The number of nitrogens with zero attached hydrogens (tertiary/aromatic N) is 3. The summed E-state index contributed by atoms with van der Waals surface area (Å²) in [5.74, 6) is -0.103. The average Bonchev–Trinajstić information content (AvgIpc) is 2.80. The first-order valence-electron chi connectivity index (χ1n) is 9.57. The Balaban J connectivity index is 1.77. The standard InChI is InChI=1S/C22H13BrCl2N4O5/c23-14-8-13(10-26-28-21(30)15-3-1-2-4-18(15)27-22(28)31)20(19(9-14)29(32)33)34-11-12-5-6-16(24)17(25)7-12/h1-10H,11H2,(H,27,31). The molecule has 4 rings (SSSR count). The van der Waals surface area contributed by atoms with Crippen LogP contribution in [-0.4, -0.2) is 20.8 Å². The number of nitro groups is 1. The minimum absolute atomic E-state index is 0.0588. The maximum Gasteiger partial charge on any atom is 0.349 e. The van der Waals surface area contributed by atoms with Crippen molar-refractivity contribution in [1.82, 2.24) is 9.66 Å². The molecule has 12 heteroatoms. The van der Waals surface area contributed by atoms with E-state index in [1.165, 1.54) is 12.1 Å². The summed E-state index contributed by atoms with van der Waals surface area (Å²) in [4.78, 5) is 38.8. The summed E-state index contributed by atoms with van der Waals surface area (Å²) in [5, 5.41) is 16.6. The van der Waals surface area contributed by atoms with E-state index in [0.29, 0.717) is 30.3 Å². The molecule has 4 aromatic rings. The first-order valence-corrected chi connectivity index (χ1v) is 11.1. The molecular formula is C22H13BrCl2N4O5. The third-order valence-corrected chi connectivity index (χ3v) is 5.92. The van der Waals surface area contributed by atoms with Crippen molar-refractivity contribution in [1.29, 1.82) is 0 Å². The maximum atomic E-state index is 12.7. The van der Waals surface area contributed by atoms with Crippen molar-refractivity contribution in [2.24, 2.45) is 5.10 Å². The van der Waals surface area contributed by atoms with E-state index in [1.807, 2.05) is 0 Å². The second-order valence-corrected chi connectivity index (χ2v) is 8.70. The van der Waals surface area contributed by atoms with Crippen LogP contribution in [0.5, 0.6) is 5.75 Å². The molecule has 0 fully saturated rings. The lowest BCUT2D eigenvalue weighted by Gasteiger charge is -2.11. The number of nitrogens with one attached hydrogen (secondary N) is 1. The Bertz CT molecular complexity index is 1580. The second-order valence-electron chi connectivity index (χ2n) is 6.97. The monoisotopic (exact) mass is 562 g/mol. The molecule has 0 atom stereocenters. The summed E-state index contributed by atoms with van der Waals surface area (Å²) in [7, 11) is 0. The number of hydrogen-bond acceptors (Lipinski definition) is 6. The van der Waals surface area contributed by atoms with Crippen molar-refractivity contribution in [2.45, 2.75) is 6.61 Å². The number of rotatable bonds is 6. The zero-order chi connectivity index (χ0) is 24.4. The van der Waals surface area contributed by atoms with E-state index in [1.54, 1.807) is 42.5 Å². The molecule has 0 aliphatic carbocycles. The molecule has 1 heterocycles. The van der Waals surface area contributed by atoms with Gasteiger partial charge in [-0.05, 0) is 35.9 Å². The molecular weight excluding hydrogens is 551 g/mol. The van der Waals surface area contributed by atoms with Crippen molar-refractivity contribution in [3.8, 4) is 5.75 Å². The summed E-state index contributed by atoms with van der Waals surface area (Å²) >= 11 is 15.2. The van der Waals surface area contributed by atoms with Crippen LogP contribution in [0.3, 0.4) is 0 Å². The lowest BCUT2D eigenvalue weighted by molar-refractivity contribution is -0.386. The molecule has 0 saturated heterocycles. The van der Waals surface area contributed by atoms with Gasteiger partial charge >= 0.3 is 11.4 Å². The van der Waals surface area contributed by atoms with Gasteiger partial charge in [-0.2, -0.15) is 5.10 Å². The molecule has 0 aliphatic rings. The molecule has 0 spiro atoms. The van der Waals surface area contributed by atoms with Crippen LogP contribution in [0, 0.1) is 10.1 Å². The van der Waals surface area contributed by atoms with E-state index < -0.39 is 16.2 Å². The van der Waals surface area contributed by atoms with Crippen LogP contribution in [0.1, 0.15) is 11.1 Å². The predicted octanol–water partition coefficient (Wildman–Crippen LogP) is 5.13. The van der Waals surface area contributed by atoms with Gasteiger partial charge in [-0.3, -0.25) is 14.9 Å². The van der Waals surface area contributed by atoms with Crippen LogP contribution in [0.15, 0.2) is 73.8 Å². The van der Waals surface area contributed by atoms with Crippen LogP contribution in [0.2, 0.25) is 10.0 Å². The van der Waals surface area contributed by atoms with Crippen molar-refractivity contribution in [3.05, 3.63) is 111 Å². The lowest BCUT2D eigenvalue weighted by atomic mass is 10.2. The van der Waals surface area contributed by atoms with Gasteiger partial charge in [0, 0.05) is 16.1 Å². The van der Waals surface area contributed by atoms with Gasteiger partial charge in [-0.1, -0.05) is 57.3 Å². The summed E-state index contributed by atoms with van der Waals surface area (Å²) < 4.78 is 6.77. The average molecular weight is 564 g/mol. The number of aromatic nitrogens is 2. The summed E-state index contributed by atoms with van der Waals surface area (Å²) in [5.41, 5.74) is -0.582. The highest BCUT2D eigenvalue weighted by molar-refractivity contribution is 9.10. The van der Waals surface area contributed by atoms with E-state index >= 15 is 0 Å². The number of benzene rings is 3. The summed E-state index contributed by atoms with van der Waals surface area (Å²) in [6, 6.07) is 14.1. The topological polar surface area (TPSA) is 120 Å². The van der Waals surface area contributed by atoms with Crippen LogP contribution in [-0.2, 0) is 6.61 Å². The molecule has 0 radical (unpaired) electrons. The minimum Gasteiger partial charge on any atom is -0.481 e. The Hall–Kier alpha value is -3.47. The largest absolute Gasteiger partial charge is 0.481 e. The molecule has 0 aliphatic heterocycles. The smallest absolute Gasteiger partial charge is 0.349 e. The lowest BCUT2D eigenvalue weighted by Crippen LogP contribution is -2.32. The summed E-state index contributed by atoms with van der Waals surface area (Å²) in [6.07, 6.45) is 1.15. The van der Waals surface area contributed by atoms with Crippen LogP contribution in [0.4, 0.5) is 5.69 Å². The Morgan fingerprint density at radius 1 is 1.12 bits per heavy atom.